The molecule has 0 aliphatic rings. The van der Waals surface area contributed by atoms with Gasteiger partial charge in [-0.15, -0.1) is 10.2 Å². The summed E-state index contributed by atoms with van der Waals surface area (Å²) in [5.41, 5.74) is 3.62. The SMILES string of the molecule is COc1ccc2[nH]c(O)c(N=NC(=O)c3ccc4nc(-c5ccccc5)[nH]c4c3)c2c1. The van der Waals surface area contributed by atoms with Gasteiger partial charge in [-0.2, -0.15) is 0 Å². The number of H-pyrrole nitrogens is 2. The number of amides is 1. The second kappa shape index (κ2) is 7.42. The van der Waals surface area contributed by atoms with E-state index in [-0.39, 0.29) is 11.6 Å². The number of aromatic nitrogens is 3. The molecule has 0 unspecified atom stereocenters. The van der Waals surface area contributed by atoms with Gasteiger partial charge in [0.2, 0.25) is 5.88 Å². The van der Waals surface area contributed by atoms with Crippen LogP contribution in [0.5, 0.6) is 11.6 Å². The van der Waals surface area contributed by atoms with Gasteiger partial charge in [0.25, 0.3) is 5.91 Å². The van der Waals surface area contributed by atoms with Crippen LogP contribution in [0.25, 0.3) is 33.3 Å². The minimum Gasteiger partial charge on any atom is -0.497 e. The number of fused-ring (bicyclic) bond motifs is 2. The summed E-state index contributed by atoms with van der Waals surface area (Å²) in [7, 11) is 1.55. The fourth-order valence-corrected chi connectivity index (χ4v) is 3.40. The van der Waals surface area contributed by atoms with Gasteiger partial charge < -0.3 is 19.8 Å². The highest BCUT2D eigenvalue weighted by atomic mass is 16.5. The summed E-state index contributed by atoms with van der Waals surface area (Å²) in [5.74, 6) is 0.624. The number of benzene rings is 3. The Bertz CT molecular complexity index is 1450. The van der Waals surface area contributed by atoms with Gasteiger partial charge in [0.05, 0.1) is 23.7 Å². The van der Waals surface area contributed by atoms with E-state index in [4.69, 9.17) is 4.74 Å². The van der Waals surface area contributed by atoms with E-state index in [0.29, 0.717) is 22.2 Å². The largest absolute Gasteiger partial charge is 0.497 e. The molecule has 1 amide bonds. The van der Waals surface area contributed by atoms with Crippen molar-refractivity contribution in [3.05, 3.63) is 72.3 Å². The minimum absolute atomic E-state index is 0.170. The third kappa shape index (κ3) is 3.40. The molecule has 0 aliphatic heterocycles. The molecule has 0 spiro atoms. The maximum atomic E-state index is 12.6. The lowest BCUT2D eigenvalue weighted by atomic mass is 10.2. The predicted molar refractivity (Wildman–Crippen MR) is 117 cm³/mol. The molecule has 8 heteroatoms. The number of nitrogens with one attached hydrogen (secondary N) is 2. The fraction of sp³-hybridized carbons (Fsp3) is 0.0435. The van der Waals surface area contributed by atoms with Crippen LogP contribution in [-0.2, 0) is 0 Å². The summed E-state index contributed by atoms with van der Waals surface area (Å²) in [6.45, 7) is 0. The number of aromatic hydroxyl groups is 1. The molecule has 0 saturated heterocycles. The van der Waals surface area contributed by atoms with Crippen molar-refractivity contribution in [2.24, 2.45) is 10.2 Å². The van der Waals surface area contributed by atoms with Gasteiger partial charge in [-0.25, -0.2) is 4.98 Å². The number of carbonyl (C=O) groups excluding carboxylic acids is 1. The Kier molecular flexibility index (Phi) is 4.44. The zero-order valence-electron chi connectivity index (χ0n) is 16.5. The average molecular weight is 411 g/mol. The first-order valence-electron chi connectivity index (χ1n) is 9.52. The van der Waals surface area contributed by atoms with Crippen molar-refractivity contribution >= 4 is 33.5 Å². The third-order valence-corrected chi connectivity index (χ3v) is 4.98. The Morgan fingerprint density at radius 1 is 1.00 bits per heavy atom. The standard InChI is InChI=1S/C23H17N5O3/c1-31-15-8-10-17-16(12-15)20(23(30)26-17)27-28-22(29)14-7-9-18-19(11-14)25-21(24-18)13-5-3-2-4-6-13/h2-12,26,30H,1H3,(H,24,25). The first-order valence-corrected chi connectivity index (χ1v) is 9.52. The third-order valence-electron chi connectivity index (χ3n) is 4.98. The van der Waals surface area contributed by atoms with E-state index < -0.39 is 5.91 Å². The molecule has 2 aromatic heterocycles. The topological polar surface area (TPSA) is 116 Å². The van der Waals surface area contributed by atoms with Gasteiger partial charge in [-0.1, -0.05) is 30.3 Å². The number of ether oxygens (including phenoxy) is 1. The summed E-state index contributed by atoms with van der Waals surface area (Å²) in [6, 6.07) is 20.1. The smallest absolute Gasteiger partial charge is 0.295 e. The molecule has 0 fully saturated rings. The van der Waals surface area contributed by atoms with Crippen LogP contribution in [0.1, 0.15) is 10.4 Å². The van der Waals surface area contributed by atoms with E-state index in [0.717, 1.165) is 22.4 Å². The lowest BCUT2D eigenvalue weighted by molar-refractivity contribution is 0.0995. The van der Waals surface area contributed by atoms with Gasteiger partial charge in [0.15, 0.2) is 5.69 Å². The molecule has 3 N–H and O–H groups in total. The van der Waals surface area contributed by atoms with Gasteiger partial charge in [0.1, 0.15) is 11.6 Å². The second-order valence-corrected chi connectivity index (χ2v) is 6.92. The number of imidazole rings is 1. The number of azo groups is 1. The van der Waals surface area contributed by atoms with Crippen molar-refractivity contribution in [1.29, 1.82) is 0 Å². The number of hydrogen-bond acceptors (Lipinski definition) is 5. The second-order valence-electron chi connectivity index (χ2n) is 6.92. The summed E-state index contributed by atoms with van der Waals surface area (Å²) < 4.78 is 5.21. The number of hydrogen-bond donors (Lipinski definition) is 3. The number of nitrogens with zero attached hydrogens (tertiary/aromatic N) is 3. The van der Waals surface area contributed by atoms with E-state index in [2.05, 4.69) is 25.2 Å². The quantitative estimate of drug-likeness (QED) is 0.346. The molecular formula is C23H17N5O3. The molecule has 0 bridgehead atoms. The number of rotatable bonds is 4. The van der Waals surface area contributed by atoms with Gasteiger partial charge in [0, 0.05) is 16.5 Å². The van der Waals surface area contributed by atoms with Crippen molar-refractivity contribution in [2.75, 3.05) is 7.11 Å². The molecule has 5 aromatic rings. The van der Waals surface area contributed by atoms with E-state index in [1.807, 2.05) is 30.3 Å². The maximum absolute atomic E-state index is 12.6. The Labute approximate surface area is 176 Å². The van der Waals surface area contributed by atoms with E-state index in [1.165, 1.54) is 0 Å². The molecule has 0 aliphatic carbocycles. The Morgan fingerprint density at radius 3 is 2.65 bits per heavy atom. The van der Waals surface area contributed by atoms with E-state index >= 15 is 0 Å². The summed E-state index contributed by atoms with van der Waals surface area (Å²) in [4.78, 5) is 23.2. The van der Waals surface area contributed by atoms with Crippen LogP contribution in [0.2, 0.25) is 0 Å². The van der Waals surface area contributed by atoms with Crippen LogP contribution in [0.3, 0.4) is 0 Å². The van der Waals surface area contributed by atoms with Gasteiger partial charge in [-0.05, 0) is 36.4 Å². The summed E-state index contributed by atoms with van der Waals surface area (Å²) in [6.07, 6.45) is 0. The molecule has 31 heavy (non-hydrogen) atoms. The molecule has 3 aromatic carbocycles. The van der Waals surface area contributed by atoms with Crippen molar-refractivity contribution in [2.45, 2.75) is 0 Å². The van der Waals surface area contributed by atoms with Crippen LogP contribution in [0, 0.1) is 0 Å². The molecule has 0 atom stereocenters. The first-order chi connectivity index (χ1) is 15.1. The highest BCUT2D eigenvalue weighted by Crippen LogP contribution is 2.37. The highest BCUT2D eigenvalue weighted by Gasteiger charge is 2.13. The van der Waals surface area contributed by atoms with Gasteiger partial charge >= 0.3 is 0 Å². The monoisotopic (exact) mass is 411 g/mol. The molecular weight excluding hydrogens is 394 g/mol. The lowest BCUT2D eigenvalue weighted by Gasteiger charge is -1.99. The molecule has 8 nitrogen and oxygen atoms in total. The summed E-state index contributed by atoms with van der Waals surface area (Å²) in [5, 5.41) is 18.6. The normalized spacial score (nSPS) is 11.5. The van der Waals surface area contributed by atoms with Crippen molar-refractivity contribution < 1.29 is 14.6 Å². The number of carbonyl (C=O) groups is 1. The van der Waals surface area contributed by atoms with Crippen LogP contribution in [0.4, 0.5) is 5.69 Å². The number of methoxy groups -OCH3 is 1. The zero-order valence-corrected chi connectivity index (χ0v) is 16.5. The van der Waals surface area contributed by atoms with Crippen LogP contribution in [0.15, 0.2) is 77.0 Å². The van der Waals surface area contributed by atoms with Crippen molar-refractivity contribution in [3.8, 4) is 23.0 Å². The first kappa shape index (κ1) is 18.6. The molecule has 5 rings (SSSR count). The van der Waals surface area contributed by atoms with E-state index in [9.17, 15) is 9.90 Å². The average Bonchev–Trinajstić information content (AvgIpc) is 3.37. The Morgan fingerprint density at radius 2 is 1.84 bits per heavy atom. The zero-order chi connectivity index (χ0) is 21.4. The van der Waals surface area contributed by atoms with Crippen LogP contribution >= 0.6 is 0 Å². The molecule has 0 radical (unpaired) electrons. The molecule has 152 valence electrons. The summed E-state index contributed by atoms with van der Waals surface area (Å²) >= 11 is 0. The minimum atomic E-state index is -0.533. The van der Waals surface area contributed by atoms with Crippen LogP contribution < -0.4 is 4.74 Å². The Balaban J connectivity index is 1.46. The number of aromatic amines is 2. The van der Waals surface area contributed by atoms with Crippen LogP contribution in [-0.4, -0.2) is 33.1 Å². The Hall–Kier alpha value is -4.46. The maximum Gasteiger partial charge on any atom is 0.295 e. The molecule has 0 saturated carbocycles. The molecule has 2 heterocycles. The lowest BCUT2D eigenvalue weighted by Crippen LogP contribution is -1.93. The van der Waals surface area contributed by atoms with Crippen molar-refractivity contribution in [1.82, 2.24) is 15.0 Å². The van der Waals surface area contributed by atoms with Gasteiger partial charge in [-0.3, -0.25) is 4.79 Å². The van der Waals surface area contributed by atoms with Crippen molar-refractivity contribution in [3.63, 3.8) is 0 Å². The van der Waals surface area contributed by atoms with E-state index in [1.54, 1.807) is 43.5 Å². The fourth-order valence-electron chi connectivity index (χ4n) is 3.40. The highest BCUT2D eigenvalue weighted by molar-refractivity contribution is 5.99. The predicted octanol–water partition coefficient (Wildman–Crippen LogP) is 5.35.